The zero-order chi connectivity index (χ0) is 20.4. The van der Waals surface area contributed by atoms with Crippen molar-refractivity contribution < 1.29 is 0 Å². The van der Waals surface area contributed by atoms with Crippen molar-refractivity contribution in [3.63, 3.8) is 0 Å². The average Bonchev–Trinajstić information content (AvgIpc) is 3.08. The summed E-state index contributed by atoms with van der Waals surface area (Å²) in [5.74, 6) is 0. The highest BCUT2D eigenvalue weighted by Gasteiger charge is 2.36. The molecule has 0 N–H and O–H groups in total. The van der Waals surface area contributed by atoms with Crippen molar-refractivity contribution in [2.75, 3.05) is 6.16 Å². The standard InChI is InChI=1S/C26H34P2/c1-25(2,3)27(26(4,5)6)20-21-14-13-19-24(21)28(22-15-9-7-10-16-22)23-17-11-8-12-18-23/h7-13,15-19H,14,20H2,1-6H3. The van der Waals surface area contributed by atoms with Crippen molar-refractivity contribution in [2.24, 2.45) is 0 Å². The van der Waals surface area contributed by atoms with E-state index in [2.05, 4.69) is 114 Å². The molecule has 0 nitrogen and oxygen atoms in total. The van der Waals surface area contributed by atoms with Crippen LogP contribution in [0.25, 0.3) is 0 Å². The Kier molecular flexibility index (Phi) is 6.64. The van der Waals surface area contributed by atoms with E-state index in [1.165, 1.54) is 16.8 Å². The summed E-state index contributed by atoms with van der Waals surface area (Å²) in [6.07, 6.45) is 7.20. The quantitative estimate of drug-likeness (QED) is 0.452. The monoisotopic (exact) mass is 408 g/mol. The van der Waals surface area contributed by atoms with Crippen LogP contribution < -0.4 is 10.6 Å². The summed E-state index contributed by atoms with van der Waals surface area (Å²) in [6.45, 7) is 14.6. The summed E-state index contributed by atoms with van der Waals surface area (Å²) in [5.41, 5.74) is 1.68. The SMILES string of the molecule is CC(C)(C)P(CC1=C(P(c2ccccc2)c2ccccc2)C=CC1)C(C)(C)C. The van der Waals surface area contributed by atoms with Gasteiger partial charge in [0.2, 0.25) is 0 Å². The van der Waals surface area contributed by atoms with Crippen molar-refractivity contribution >= 4 is 26.5 Å². The fraction of sp³-hybridized carbons (Fsp3) is 0.385. The Hall–Kier alpha value is -1.22. The molecule has 0 saturated carbocycles. The van der Waals surface area contributed by atoms with Gasteiger partial charge in [-0.25, -0.2) is 0 Å². The molecule has 148 valence electrons. The van der Waals surface area contributed by atoms with Gasteiger partial charge in [0.05, 0.1) is 0 Å². The molecule has 0 amide bonds. The van der Waals surface area contributed by atoms with Crippen LogP contribution in [-0.2, 0) is 0 Å². The topological polar surface area (TPSA) is 0 Å². The van der Waals surface area contributed by atoms with Crippen LogP contribution >= 0.6 is 15.8 Å². The third-order valence-corrected chi connectivity index (χ3v) is 11.8. The van der Waals surface area contributed by atoms with E-state index in [0.29, 0.717) is 10.3 Å². The van der Waals surface area contributed by atoms with Crippen molar-refractivity contribution in [1.29, 1.82) is 0 Å². The van der Waals surface area contributed by atoms with E-state index in [1.54, 1.807) is 10.9 Å². The zero-order valence-corrected chi connectivity index (χ0v) is 20.0. The van der Waals surface area contributed by atoms with Crippen molar-refractivity contribution in [3.05, 3.63) is 83.7 Å². The molecule has 0 aromatic heterocycles. The second kappa shape index (κ2) is 8.65. The van der Waals surface area contributed by atoms with E-state index in [0.717, 1.165) is 6.42 Å². The van der Waals surface area contributed by atoms with Crippen molar-refractivity contribution in [3.8, 4) is 0 Å². The van der Waals surface area contributed by atoms with Crippen LogP contribution in [0, 0.1) is 0 Å². The fourth-order valence-corrected chi connectivity index (χ4v) is 10.5. The minimum Gasteiger partial charge on any atom is -0.0914 e. The lowest BCUT2D eigenvalue weighted by Crippen LogP contribution is -2.27. The largest absolute Gasteiger partial charge is 0.0914 e. The molecule has 1 aliphatic rings. The fourth-order valence-electron chi connectivity index (χ4n) is 4.17. The molecule has 0 aliphatic heterocycles. The van der Waals surface area contributed by atoms with E-state index in [9.17, 15) is 0 Å². The maximum atomic E-state index is 2.43. The second-order valence-corrected chi connectivity index (χ2v) is 15.6. The maximum Gasteiger partial charge on any atom is -0.00923 e. The van der Waals surface area contributed by atoms with Crippen molar-refractivity contribution in [1.82, 2.24) is 0 Å². The Morgan fingerprint density at radius 1 is 0.714 bits per heavy atom. The van der Waals surface area contributed by atoms with Gasteiger partial charge in [0.1, 0.15) is 0 Å². The van der Waals surface area contributed by atoms with Gasteiger partial charge in [0.25, 0.3) is 0 Å². The molecule has 0 bridgehead atoms. The van der Waals surface area contributed by atoms with E-state index >= 15 is 0 Å². The van der Waals surface area contributed by atoms with Crippen LogP contribution in [0.3, 0.4) is 0 Å². The Morgan fingerprint density at radius 2 is 1.18 bits per heavy atom. The Balaban J connectivity index is 2.07. The first kappa shape index (κ1) is 21.5. The molecule has 0 radical (unpaired) electrons. The molecule has 0 unspecified atom stereocenters. The number of hydrogen-bond acceptors (Lipinski definition) is 0. The molecular formula is C26H34P2. The number of hydrogen-bond donors (Lipinski definition) is 0. The van der Waals surface area contributed by atoms with Gasteiger partial charge in [-0.1, -0.05) is 128 Å². The van der Waals surface area contributed by atoms with Gasteiger partial charge in [-0.15, -0.1) is 0 Å². The second-order valence-electron chi connectivity index (χ2n) is 9.53. The highest BCUT2D eigenvalue weighted by molar-refractivity contribution is 7.77. The molecule has 0 fully saturated rings. The van der Waals surface area contributed by atoms with Crippen molar-refractivity contribution in [2.45, 2.75) is 58.3 Å². The Morgan fingerprint density at radius 3 is 1.61 bits per heavy atom. The van der Waals surface area contributed by atoms with Crippen LogP contribution in [0.2, 0.25) is 0 Å². The lowest BCUT2D eigenvalue weighted by molar-refractivity contribution is 0.706. The van der Waals surface area contributed by atoms with Gasteiger partial charge in [-0.05, 0) is 46.7 Å². The van der Waals surface area contributed by atoms with Gasteiger partial charge < -0.3 is 0 Å². The first-order chi connectivity index (χ1) is 13.2. The molecule has 28 heavy (non-hydrogen) atoms. The molecule has 0 heterocycles. The minimum absolute atomic E-state index is 0.130. The smallest absolute Gasteiger partial charge is 0.00923 e. The molecule has 0 atom stereocenters. The van der Waals surface area contributed by atoms with Gasteiger partial charge in [0.15, 0.2) is 0 Å². The van der Waals surface area contributed by atoms with Crippen LogP contribution in [0.4, 0.5) is 0 Å². The Labute approximate surface area is 174 Å². The normalized spacial score (nSPS) is 15.1. The van der Waals surface area contributed by atoms with E-state index in [-0.39, 0.29) is 7.92 Å². The third-order valence-electron chi connectivity index (χ3n) is 5.24. The first-order valence-electron chi connectivity index (χ1n) is 10.2. The maximum absolute atomic E-state index is 2.43. The zero-order valence-electron chi connectivity index (χ0n) is 18.2. The number of rotatable bonds is 5. The minimum atomic E-state index is -0.490. The molecule has 0 spiro atoms. The lowest BCUT2D eigenvalue weighted by atomic mass is 10.2. The van der Waals surface area contributed by atoms with E-state index in [4.69, 9.17) is 0 Å². The summed E-state index contributed by atoms with van der Waals surface area (Å²) in [7, 11) is -0.621. The predicted molar refractivity (Wildman–Crippen MR) is 131 cm³/mol. The average molecular weight is 409 g/mol. The summed E-state index contributed by atoms with van der Waals surface area (Å²) < 4.78 is 0. The Bertz CT molecular complexity index is 780. The molecule has 2 heteroatoms. The van der Waals surface area contributed by atoms with Gasteiger partial charge in [-0.2, -0.15) is 0 Å². The summed E-state index contributed by atoms with van der Waals surface area (Å²) in [4.78, 5) is 0. The van der Waals surface area contributed by atoms with Crippen LogP contribution in [0.5, 0.6) is 0 Å². The van der Waals surface area contributed by atoms with Crippen LogP contribution in [-0.4, -0.2) is 16.5 Å². The highest BCUT2D eigenvalue weighted by atomic mass is 31.1. The predicted octanol–water partition coefficient (Wildman–Crippen LogP) is 7.41. The van der Waals surface area contributed by atoms with Crippen LogP contribution in [0.1, 0.15) is 48.0 Å². The first-order valence-corrected chi connectivity index (χ1v) is 13.1. The van der Waals surface area contributed by atoms with E-state index < -0.39 is 7.92 Å². The molecular weight excluding hydrogens is 374 g/mol. The number of benzene rings is 2. The molecule has 0 saturated heterocycles. The van der Waals surface area contributed by atoms with Gasteiger partial charge >= 0.3 is 0 Å². The lowest BCUT2D eigenvalue weighted by Gasteiger charge is -2.42. The molecule has 1 aliphatic carbocycles. The summed E-state index contributed by atoms with van der Waals surface area (Å²) in [5, 5.41) is 5.22. The summed E-state index contributed by atoms with van der Waals surface area (Å²) in [6, 6.07) is 22.2. The molecule has 2 aromatic rings. The van der Waals surface area contributed by atoms with Crippen LogP contribution in [0.15, 0.2) is 83.7 Å². The highest BCUT2D eigenvalue weighted by Crippen LogP contribution is 2.62. The van der Waals surface area contributed by atoms with Gasteiger partial charge in [-0.3, -0.25) is 0 Å². The number of allylic oxidation sites excluding steroid dienone is 4. The molecule has 2 aromatic carbocycles. The van der Waals surface area contributed by atoms with Gasteiger partial charge in [0, 0.05) is 0 Å². The third kappa shape index (κ3) is 5.03. The molecule has 3 rings (SSSR count). The summed E-state index contributed by atoms with van der Waals surface area (Å²) >= 11 is 0. The van der Waals surface area contributed by atoms with E-state index in [1.807, 2.05) is 0 Å².